The molecule has 0 amide bonds. The molecule has 0 aliphatic rings. The number of nitrogens with zero attached hydrogens (tertiary/aromatic N) is 4. The lowest BCUT2D eigenvalue weighted by molar-refractivity contribution is -0.394. The van der Waals surface area contributed by atoms with Gasteiger partial charge < -0.3 is 14.9 Å². The van der Waals surface area contributed by atoms with E-state index in [0.29, 0.717) is 0 Å². The van der Waals surface area contributed by atoms with Gasteiger partial charge in [-0.1, -0.05) is 15.9 Å². The number of methoxy groups -OCH3 is 1. The lowest BCUT2D eigenvalue weighted by Gasteiger charge is -2.04. The molecule has 16 heavy (non-hydrogen) atoms. The maximum atomic E-state index is 11.1. The third-order valence-electron chi connectivity index (χ3n) is 1.57. The summed E-state index contributed by atoms with van der Waals surface area (Å²) in [6.07, 6.45) is 0. The topological polar surface area (TPSA) is 100 Å². The Morgan fingerprint density at radius 3 is 2.81 bits per heavy atom. The summed E-state index contributed by atoms with van der Waals surface area (Å²) in [5, 5.41) is 14.0. The maximum Gasteiger partial charge on any atom is 0.492 e. The molecule has 0 radical (unpaired) electrons. The summed E-state index contributed by atoms with van der Waals surface area (Å²) in [4.78, 5) is 23.7. The predicted molar refractivity (Wildman–Crippen MR) is 59.1 cm³/mol. The first kappa shape index (κ1) is 13.0. The fourth-order valence-electron chi connectivity index (χ4n) is 0.860. The van der Waals surface area contributed by atoms with Gasteiger partial charge in [-0.25, -0.2) is 0 Å². The second-order valence-corrected chi connectivity index (χ2v) is 4.43. The van der Waals surface area contributed by atoms with E-state index >= 15 is 0 Å². The van der Waals surface area contributed by atoms with Crippen molar-refractivity contribution < 1.29 is 14.5 Å². The number of ether oxygens (including phenoxy) is 1. The summed E-state index contributed by atoms with van der Waals surface area (Å²) in [7, 11) is 1.25. The van der Waals surface area contributed by atoms with Gasteiger partial charge in [0.15, 0.2) is 0 Å². The highest BCUT2D eigenvalue weighted by atomic mass is 79.9. The molecule has 10 heteroatoms. The van der Waals surface area contributed by atoms with Crippen LogP contribution in [0.3, 0.4) is 0 Å². The van der Waals surface area contributed by atoms with Crippen LogP contribution in [0.4, 0.5) is 5.95 Å². The van der Waals surface area contributed by atoms with Gasteiger partial charge >= 0.3 is 11.9 Å². The third-order valence-corrected chi connectivity index (χ3v) is 2.82. The molecule has 0 saturated heterocycles. The van der Waals surface area contributed by atoms with Gasteiger partial charge in [-0.05, 0) is 9.91 Å². The van der Waals surface area contributed by atoms with Crippen molar-refractivity contribution in [3.8, 4) is 0 Å². The number of carbonyl (C=O) groups excluding carboxylic acids is 1. The van der Waals surface area contributed by atoms with Gasteiger partial charge in [0.25, 0.3) is 4.73 Å². The minimum absolute atomic E-state index is 0.0775. The quantitative estimate of drug-likeness (QED) is 0.343. The van der Waals surface area contributed by atoms with Gasteiger partial charge in [-0.2, -0.15) is 4.68 Å². The van der Waals surface area contributed by atoms with E-state index in [4.69, 9.17) is 0 Å². The van der Waals surface area contributed by atoms with E-state index in [2.05, 4.69) is 46.7 Å². The second-order valence-electron chi connectivity index (χ2n) is 2.61. The number of hydrogen-bond acceptors (Lipinski definition) is 6. The molecular formula is C6H6Br2N4O4. The first-order chi connectivity index (χ1) is 7.45. The molecule has 88 valence electrons. The van der Waals surface area contributed by atoms with Crippen molar-refractivity contribution in [3.05, 3.63) is 14.8 Å². The Labute approximate surface area is 106 Å². The van der Waals surface area contributed by atoms with Crippen LogP contribution in [-0.2, 0) is 16.1 Å². The van der Waals surface area contributed by atoms with Crippen LogP contribution in [0.15, 0.2) is 4.73 Å². The Kier molecular flexibility index (Phi) is 4.35. The van der Waals surface area contributed by atoms with E-state index in [9.17, 15) is 14.9 Å². The Hall–Kier alpha value is -1.03. The van der Waals surface area contributed by atoms with Crippen molar-refractivity contribution in [2.45, 2.75) is 11.4 Å². The second kappa shape index (κ2) is 5.34. The molecule has 0 saturated carbocycles. The zero-order chi connectivity index (χ0) is 12.3. The largest absolute Gasteiger partial charge is 0.492 e. The molecule has 1 unspecified atom stereocenters. The molecule has 0 aliphatic carbocycles. The lowest BCUT2D eigenvalue weighted by Crippen LogP contribution is -2.22. The van der Waals surface area contributed by atoms with Gasteiger partial charge in [0.2, 0.25) is 0 Å². The molecule has 8 nitrogen and oxygen atoms in total. The van der Waals surface area contributed by atoms with Gasteiger partial charge in [0.05, 0.1) is 13.7 Å². The number of halogens is 2. The zero-order valence-electron chi connectivity index (χ0n) is 7.96. The number of esters is 1. The van der Waals surface area contributed by atoms with Crippen LogP contribution in [0.25, 0.3) is 0 Å². The monoisotopic (exact) mass is 356 g/mol. The van der Waals surface area contributed by atoms with Crippen molar-refractivity contribution in [1.29, 1.82) is 0 Å². The summed E-state index contributed by atoms with van der Waals surface area (Å²) in [6, 6.07) is 0. The Balaban J connectivity index is 2.81. The van der Waals surface area contributed by atoms with E-state index in [0.717, 1.165) is 0 Å². The van der Waals surface area contributed by atoms with Crippen LogP contribution < -0.4 is 0 Å². The average Bonchev–Trinajstić information content (AvgIpc) is 2.59. The van der Waals surface area contributed by atoms with Crippen LogP contribution in [-0.4, -0.2) is 37.6 Å². The standard InChI is InChI=1S/C6H6Br2N4O4/c1-16-4(13)3(7)2-11-5(8)9-6(10-11)12(14)15/h3H,2H2,1H3. The molecule has 0 bridgehead atoms. The molecule has 0 N–H and O–H groups in total. The van der Waals surface area contributed by atoms with Crippen LogP contribution in [0.1, 0.15) is 0 Å². The van der Waals surface area contributed by atoms with Crippen LogP contribution >= 0.6 is 31.9 Å². The number of nitro groups is 1. The molecule has 1 aromatic rings. The Morgan fingerprint density at radius 2 is 2.38 bits per heavy atom. The number of aromatic nitrogens is 3. The first-order valence-corrected chi connectivity index (χ1v) is 5.63. The van der Waals surface area contributed by atoms with Crippen molar-refractivity contribution in [1.82, 2.24) is 14.8 Å². The molecule has 1 rings (SSSR count). The molecule has 0 spiro atoms. The molecule has 0 fully saturated rings. The van der Waals surface area contributed by atoms with Gasteiger partial charge in [-0.15, -0.1) is 0 Å². The van der Waals surface area contributed by atoms with E-state index in [1.165, 1.54) is 11.8 Å². The summed E-state index contributed by atoms with van der Waals surface area (Å²) in [6.45, 7) is 0.0775. The van der Waals surface area contributed by atoms with Gasteiger partial charge in [-0.3, -0.25) is 4.79 Å². The Bertz CT molecular complexity index is 421. The van der Waals surface area contributed by atoms with Gasteiger partial charge in [0.1, 0.15) is 4.83 Å². The molecule has 0 aliphatic heterocycles. The highest BCUT2D eigenvalue weighted by Gasteiger charge is 2.24. The smallest absolute Gasteiger partial charge is 0.468 e. The minimum atomic E-state index is -0.720. The number of hydrogen-bond donors (Lipinski definition) is 0. The molecular weight excluding hydrogens is 352 g/mol. The number of alkyl halides is 1. The SMILES string of the molecule is COC(=O)C(Br)Cn1nc([N+](=O)[O-])nc1Br. The summed E-state index contributed by atoms with van der Waals surface area (Å²) < 4.78 is 5.84. The van der Waals surface area contributed by atoms with Gasteiger partial charge in [0, 0.05) is 21.0 Å². The van der Waals surface area contributed by atoms with E-state index in [1.807, 2.05) is 0 Å². The predicted octanol–water partition coefficient (Wildman–Crippen LogP) is 0.885. The normalized spacial score (nSPS) is 12.2. The lowest BCUT2D eigenvalue weighted by atomic mass is 10.4. The molecule has 0 aromatic carbocycles. The molecule has 1 aromatic heterocycles. The van der Waals surface area contributed by atoms with E-state index in [1.54, 1.807) is 0 Å². The third kappa shape index (κ3) is 2.98. The number of carbonyl (C=O) groups is 1. The van der Waals surface area contributed by atoms with E-state index < -0.39 is 21.7 Å². The van der Waals surface area contributed by atoms with Crippen LogP contribution in [0.5, 0.6) is 0 Å². The van der Waals surface area contributed by atoms with Crippen molar-refractivity contribution in [2.24, 2.45) is 0 Å². The first-order valence-electron chi connectivity index (χ1n) is 3.92. The maximum absolute atomic E-state index is 11.1. The Morgan fingerprint density at radius 1 is 1.75 bits per heavy atom. The summed E-state index contributed by atoms with van der Waals surface area (Å²) in [5.74, 6) is -1.03. The summed E-state index contributed by atoms with van der Waals surface area (Å²) >= 11 is 6.06. The van der Waals surface area contributed by atoms with Crippen LogP contribution in [0, 0.1) is 10.1 Å². The highest BCUT2D eigenvalue weighted by Crippen LogP contribution is 2.14. The average molecular weight is 358 g/mol. The summed E-state index contributed by atoms with van der Waals surface area (Å²) in [5.41, 5.74) is 0. The van der Waals surface area contributed by atoms with Crippen molar-refractivity contribution in [2.75, 3.05) is 7.11 Å². The zero-order valence-corrected chi connectivity index (χ0v) is 11.1. The minimum Gasteiger partial charge on any atom is -0.468 e. The highest BCUT2D eigenvalue weighted by molar-refractivity contribution is 9.10. The fourth-order valence-corrected chi connectivity index (χ4v) is 1.70. The van der Waals surface area contributed by atoms with Crippen molar-refractivity contribution in [3.63, 3.8) is 0 Å². The fraction of sp³-hybridized carbons (Fsp3) is 0.500. The number of rotatable bonds is 4. The molecule has 1 atom stereocenters. The van der Waals surface area contributed by atoms with E-state index in [-0.39, 0.29) is 11.3 Å². The molecule has 1 heterocycles. The van der Waals surface area contributed by atoms with Crippen LogP contribution in [0.2, 0.25) is 0 Å². The van der Waals surface area contributed by atoms with Crippen molar-refractivity contribution >= 4 is 43.8 Å².